The summed E-state index contributed by atoms with van der Waals surface area (Å²) in [5.41, 5.74) is 1.02. The van der Waals surface area contributed by atoms with E-state index in [-0.39, 0.29) is 0 Å². The fourth-order valence-electron chi connectivity index (χ4n) is 2.29. The van der Waals surface area contributed by atoms with E-state index in [1.54, 1.807) is 7.11 Å². The molecule has 0 unspecified atom stereocenters. The Kier molecular flexibility index (Phi) is 2.99. The average molecular weight is 308 g/mol. The second-order valence-electron chi connectivity index (χ2n) is 4.21. The molecule has 94 valence electrons. The zero-order valence-electron chi connectivity index (χ0n) is 10.1. The van der Waals surface area contributed by atoms with Crippen LogP contribution in [-0.4, -0.2) is 23.2 Å². The molecule has 0 spiro atoms. The number of methoxy groups -OCH3 is 1. The van der Waals surface area contributed by atoms with Gasteiger partial charge in [0.2, 0.25) is 0 Å². The number of nitrogens with zero attached hydrogens (tertiary/aromatic N) is 2. The van der Waals surface area contributed by atoms with Crippen molar-refractivity contribution in [3.05, 3.63) is 28.9 Å². The van der Waals surface area contributed by atoms with Crippen molar-refractivity contribution in [3.8, 4) is 17.1 Å². The van der Waals surface area contributed by atoms with Gasteiger partial charge in [0.25, 0.3) is 0 Å². The van der Waals surface area contributed by atoms with Gasteiger partial charge in [0.05, 0.1) is 12.7 Å². The third-order valence-corrected chi connectivity index (χ3v) is 3.68. The molecule has 0 saturated heterocycles. The summed E-state index contributed by atoms with van der Waals surface area (Å²) in [5, 5.41) is 3.37. The fourth-order valence-corrected chi connectivity index (χ4v) is 2.81. The number of aromatic nitrogens is 2. The van der Waals surface area contributed by atoms with Gasteiger partial charge in [-0.15, -0.1) is 0 Å². The van der Waals surface area contributed by atoms with Crippen LogP contribution >= 0.6 is 15.9 Å². The predicted molar refractivity (Wildman–Crippen MR) is 75.0 cm³/mol. The molecule has 18 heavy (non-hydrogen) atoms. The first-order valence-electron chi connectivity index (χ1n) is 5.94. The number of rotatable bonds is 2. The SMILES string of the molecule is COc1ccccc1-c1nc(Br)c2n1CCCN2. The van der Waals surface area contributed by atoms with Crippen LogP contribution in [0.15, 0.2) is 28.9 Å². The Balaban J connectivity index is 2.17. The third-order valence-electron chi connectivity index (χ3n) is 3.12. The number of fused-ring (bicyclic) bond motifs is 1. The van der Waals surface area contributed by atoms with E-state index in [1.807, 2.05) is 24.3 Å². The van der Waals surface area contributed by atoms with Gasteiger partial charge in [-0.3, -0.25) is 0 Å². The molecule has 0 radical (unpaired) electrons. The Bertz CT molecular complexity index is 580. The maximum Gasteiger partial charge on any atom is 0.149 e. The lowest BCUT2D eigenvalue weighted by Gasteiger charge is -2.19. The van der Waals surface area contributed by atoms with Gasteiger partial charge in [0, 0.05) is 13.1 Å². The lowest BCUT2D eigenvalue weighted by Crippen LogP contribution is -2.17. The first-order chi connectivity index (χ1) is 8.81. The molecule has 0 bridgehead atoms. The molecule has 1 N–H and O–H groups in total. The molecule has 1 aliphatic rings. The maximum absolute atomic E-state index is 5.41. The van der Waals surface area contributed by atoms with E-state index in [0.29, 0.717) is 0 Å². The van der Waals surface area contributed by atoms with Crippen molar-refractivity contribution >= 4 is 21.7 Å². The molecule has 0 amide bonds. The van der Waals surface area contributed by atoms with Gasteiger partial charge >= 0.3 is 0 Å². The number of hydrogen-bond acceptors (Lipinski definition) is 3. The quantitative estimate of drug-likeness (QED) is 0.926. The Morgan fingerprint density at radius 1 is 1.39 bits per heavy atom. The third kappa shape index (κ3) is 1.79. The van der Waals surface area contributed by atoms with Crippen molar-refractivity contribution in [2.75, 3.05) is 19.0 Å². The van der Waals surface area contributed by atoms with Crippen LogP contribution in [0, 0.1) is 0 Å². The van der Waals surface area contributed by atoms with E-state index >= 15 is 0 Å². The normalized spacial score (nSPS) is 13.9. The van der Waals surface area contributed by atoms with Crippen LogP contribution in [0.25, 0.3) is 11.4 Å². The number of ether oxygens (including phenoxy) is 1. The first kappa shape index (κ1) is 11.6. The number of nitrogens with one attached hydrogen (secondary N) is 1. The largest absolute Gasteiger partial charge is 0.496 e. The molecule has 0 atom stereocenters. The van der Waals surface area contributed by atoms with E-state index in [4.69, 9.17) is 4.74 Å². The van der Waals surface area contributed by atoms with Crippen molar-refractivity contribution in [1.29, 1.82) is 0 Å². The van der Waals surface area contributed by atoms with Gasteiger partial charge in [0.15, 0.2) is 0 Å². The summed E-state index contributed by atoms with van der Waals surface area (Å²) in [6.07, 6.45) is 1.11. The molecule has 0 aliphatic carbocycles. The van der Waals surface area contributed by atoms with Crippen LogP contribution in [0.3, 0.4) is 0 Å². The molecule has 2 aromatic rings. The van der Waals surface area contributed by atoms with Crippen LogP contribution in [0.1, 0.15) is 6.42 Å². The molecule has 1 aliphatic heterocycles. The summed E-state index contributed by atoms with van der Waals surface area (Å²) in [5.74, 6) is 2.85. The Hall–Kier alpha value is -1.49. The number of anilines is 1. The number of benzene rings is 1. The lowest BCUT2D eigenvalue weighted by atomic mass is 10.2. The minimum atomic E-state index is 0.850. The predicted octanol–water partition coefficient (Wildman–Crippen LogP) is 3.14. The Morgan fingerprint density at radius 2 is 2.22 bits per heavy atom. The summed E-state index contributed by atoms with van der Waals surface area (Å²) in [7, 11) is 1.69. The topological polar surface area (TPSA) is 39.1 Å². The molecule has 4 nitrogen and oxygen atoms in total. The molecular weight excluding hydrogens is 294 g/mol. The van der Waals surface area contributed by atoms with Gasteiger partial charge < -0.3 is 14.6 Å². The van der Waals surface area contributed by atoms with Gasteiger partial charge in [-0.25, -0.2) is 4.98 Å². The Labute approximate surface area is 114 Å². The molecule has 0 fully saturated rings. The van der Waals surface area contributed by atoms with Gasteiger partial charge in [-0.05, 0) is 34.5 Å². The zero-order chi connectivity index (χ0) is 12.5. The van der Waals surface area contributed by atoms with Crippen molar-refractivity contribution in [2.24, 2.45) is 0 Å². The molecular formula is C13H14BrN3O. The van der Waals surface area contributed by atoms with Crippen molar-refractivity contribution in [1.82, 2.24) is 9.55 Å². The summed E-state index contributed by atoms with van der Waals surface area (Å²) in [4.78, 5) is 4.61. The average Bonchev–Trinajstić information content (AvgIpc) is 2.77. The highest BCUT2D eigenvalue weighted by Gasteiger charge is 2.20. The van der Waals surface area contributed by atoms with E-state index in [2.05, 4.69) is 30.8 Å². The fraction of sp³-hybridized carbons (Fsp3) is 0.308. The molecule has 2 heterocycles. The van der Waals surface area contributed by atoms with Gasteiger partial charge in [-0.1, -0.05) is 12.1 Å². The van der Waals surface area contributed by atoms with E-state index < -0.39 is 0 Å². The van der Waals surface area contributed by atoms with Crippen LogP contribution < -0.4 is 10.1 Å². The summed E-state index contributed by atoms with van der Waals surface area (Å²) < 4.78 is 8.47. The molecule has 3 rings (SSSR count). The standard InChI is InChI=1S/C13H14BrN3O/c1-18-10-6-3-2-5-9(10)12-16-11(14)13-15-7-4-8-17(12)13/h2-3,5-6,15H,4,7-8H2,1H3. The molecule has 5 heteroatoms. The van der Waals surface area contributed by atoms with Gasteiger partial charge in [0.1, 0.15) is 22.0 Å². The lowest BCUT2D eigenvalue weighted by molar-refractivity contribution is 0.416. The van der Waals surface area contributed by atoms with Crippen molar-refractivity contribution < 1.29 is 4.74 Å². The van der Waals surface area contributed by atoms with Crippen LogP contribution in [0.5, 0.6) is 5.75 Å². The number of imidazole rings is 1. The van der Waals surface area contributed by atoms with Crippen molar-refractivity contribution in [2.45, 2.75) is 13.0 Å². The zero-order valence-corrected chi connectivity index (χ0v) is 11.7. The van der Waals surface area contributed by atoms with Crippen LogP contribution in [0.4, 0.5) is 5.82 Å². The highest BCUT2D eigenvalue weighted by molar-refractivity contribution is 9.10. The molecule has 0 saturated carbocycles. The summed E-state index contributed by atoms with van der Waals surface area (Å²) >= 11 is 3.51. The van der Waals surface area contributed by atoms with Crippen LogP contribution in [-0.2, 0) is 6.54 Å². The summed E-state index contributed by atoms with van der Waals surface area (Å²) in [6, 6.07) is 7.97. The van der Waals surface area contributed by atoms with E-state index in [0.717, 1.165) is 47.1 Å². The molecule has 1 aromatic carbocycles. The Morgan fingerprint density at radius 3 is 3.06 bits per heavy atom. The number of hydrogen-bond donors (Lipinski definition) is 1. The molecule has 1 aromatic heterocycles. The highest BCUT2D eigenvalue weighted by Crippen LogP contribution is 2.35. The number of para-hydroxylation sites is 1. The van der Waals surface area contributed by atoms with Crippen LogP contribution in [0.2, 0.25) is 0 Å². The van der Waals surface area contributed by atoms with Gasteiger partial charge in [-0.2, -0.15) is 0 Å². The maximum atomic E-state index is 5.41. The van der Waals surface area contributed by atoms with E-state index in [1.165, 1.54) is 0 Å². The first-order valence-corrected chi connectivity index (χ1v) is 6.74. The monoisotopic (exact) mass is 307 g/mol. The second-order valence-corrected chi connectivity index (χ2v) is 4.96. The van der Waals surface area contributed by atoms with Crippen molar-refractivity contribution in [3.63, 3.8) is 0 Å². The second kappa shape index (κ2) is 4.65. The smallest absolute Gasteiger partial charge is 0.149 e. The minimum Gasteiger partial charge on any atom is -0.496 e. The highest BCUT2D eigenvalue weighted by atomic mass is 79.9. The van der Waals surface area contributed by atoms with E-state index in [9.17, 15) is 0 Å². The summed E-state index contributed by atoms with van der Waals surface area (Å²) in [6.45, 7) is 1.98. The minimum absolute atomic E-state index is 0.850. The number of halogens is 1.